The maximum Gasteiger partial charge on any atom is 0.247 e. The molecule has 0 bridgehead atoms. The minimum absolute atomic E-state index is 0.282. The second-order valence-electron chi connectivity index (χ2n) is 6.14. The van der Waals surface area contributed by atoms with Crippen LogP contribution >= 0.6 is 0 Å². The number of β-amino-alcohol motifs (C(OH)–C–C–N with tert-alkyl or cyclic N) is 1. The highest BCUT2D eigenvalue weighted by molar-refractivity contribution is 5.58. The molecule has 4 rings (SSSR count). The number of piperidine rings is 1. The summed E-state index contributed by atoms with van der Waals surface area (Å²) in [5, 5.41) is 17.7. The van der Waals surface area contributed by atoms with Gasteiger partial charge >= 0.3 is 0 Å². The molecule has 3 aromatic heterocycles. The highest BCUT2D eigenvalue weighted by Gasteiger charge is 2.20. The first-order valence-electron chi connectivity index (χ1n) is 8.17. The van der Waals surface area contributed by atoms with Crippen LogP contribution < -0.4 is 10.2 Å². The molecule has 1 saturated heterocycles. The van der Waals surface area contributed by atoms with E-state index in [9.17, 15) is 5.11 Å². The maximum atomic E-state index is 9.93. The lowest BCUT2D eigenvalue weighted by Gasteiger charge is -2.31. The van der Waals surface area contributed by atoms with Gasteiger partial charge in [-0.05, 0) is 44.0 Å². The van der Waals surface area contributed by atoms with Crippen LogP contribution in [0, 0.1) is 6.92 Å². The zero-order valence-corrected chi connectivity index (χ0v) is 13.6. The third kappa shape index (κ3) is 2.90. The van der Waals surface area contributed by atoms with Gasteiger partial charge in [-0.2, -0.15) is 9.50 Å². The normalized spacial score (nSPS) is 18.1. The number of nitrogens with zero attached hydrogens (tertiary/aromatic N) is 5. The highest BCUT2D eigenvalue weighted by atomic mass is 16.3. The molecular weight excluding hydrogens is 304 g/mol. The summed E-state index contributed by atoms with van der Waals surface area (Å²) in [4.78, 5) is 10.9. The molecular formula is C17H20N6O. The number of pyridine rings is 2. The molecule has 1 fully saturated rings. The van der Waals surface area contributed by atoms with Crippen LogP contribution in [-0.4, -0.2) is 43.9 Å². The summed E-state index contributed by atoms with van der Waals surface area (Å²) in [6, 6.07) is 9.76. The van der Waals surface area contributed by atoms with Crippen molar-refractivity contribution in [2.75, 3.05) is 23.3 Å². The molecule has 0 saturated carbocycles. The standard InChI is InChI=1S/C17H20N6O/c1-12-10-13(7-8-18-12)19-17-20-15-5-2-6-16(23(15)21-17)22-9-3-4-14(24)11-22/h2,5-8,10,14,24H,3-4,9,11H2,1H3,(H,18,19,21). The van der Waals surface area contributed by atoms with Crippen molar-refractivity contribution in [2.24, 2.45) is 0 Å². The van der Waals surface area contributed by atoms with Gasteiger partial charge in [0.25, 0.3) is 0 Å². The number of hydrogen-bond acceptors (Lipinski definition) is 6. The fourth-order valence-electron chi connectivity index (χ4n) is 3.10. The lowest BCUT2D eigenvalue weighted by molar-refractivity contribution is 0.153. The second kappa shape index (κ2) is 6.09. The molecule has 7 heteroatoms. The minimum atomic E-state index is -0.282. The number of aliphatic hydroxyl groups excluding tert-OH is 1. The number of hydrogen-bond donors (Lipinski definition) is 2. The number of nitrogens with one attached hydrogen (secondary N) is 1. The van der Waals surface area contributed by atoms with Crippen LogP contribution in [0.4, 0.5) is 17.5 Å². The molecule has 1 aliphatic rings. The summed E-state index contributed by atoms with van der Waals surface area (Å²) >= 11 is 0. The SMILES string of the molecule is Cc1cc(Nc2nc3cccc(N4CCCC(O)C4)n3n2)ccn1. The number of aliphatic hydroxyl groups is 1. The van der Waals surface area contributed by atoms with Crippen molar-refractivity contribution < 1.29 is 5.11 Å². The van der Waals surface area contributed by atoms with E-state index in [0.717, 1.165) is 42.2 Å². The quantitative estimate of drug-likeness (QED) is 0.768. The van der Waals surface area contributed by atoms with E-state index in [4.69, 9.17) is 0 Å². The third-order valence-electron chi connectivity index (χ3n) is 4.21. The van der Waals surface area contributed by atoms with E-state index < -0.39 is 0 Å². The van der Waals surface area contributed by atoms with Crippen LogP contribution in [0.1, 0.15) is 18.5 Å². The van der Waals surface area contributed by atoms with E-state index in [1.165, 1.54) is 0 Å². The molecule has 4 heterocycles. The Labute approximate surface area is 140 Å². The second-order valence-corrected chi connectivity index (χ2v) is 6.14. The number of aromatic nitrogens is 4. The van der Waals surface area contributed by atoms with Gasteiger partial charge in [0.15, 0.2) is 5.65 Å². The Kier molecular flexibility index (Phi) is 3.78. The van der Waals surface area contributed by atoms with Crippen molar-refractivity contribution in [2.45, 2.75) is 25.9 Å². The van der Waals surface area contributed by atoms with Crippen molar-refractivity contribution in [1.82, 2.24) is 19.6 Å². The number of anilines is 3. The first-order chi connectivity index (χ1) is 11.7. The van der Waals surface area contributed by atoms with E-state index in [1.807, 2.05) is 41.8 Å². The molecule has 1 aliphatic heterocycles. The molecule has 124 valence electrons. The molecule has 7 nitrogen and oxygen atoms in total. The molecule has 3 aromatic rings. The predicted molar refractivity (Wildman–Crippen MR) is 92.7 cm³/mol. The van der Waals surface area contributed by atoms with Crippen molar-refractivity contribution in [3.63, 3.8) is 0 Å². The molecule has 0 spiro atoms. The smallest absolute Gasteiger partial charge is 0.247 e. The van der Waals surface area contributed by atoms with E-state index in [-0.39, 0.29) is 6.10 Å². The first kappa shape index (κ1) is 14.9. The first-order valence-corrected chi connectivity index (χ1v) is 8.17. The Morgan fingerprint density at radius 3 is 3.04 bits per heavy atom. The van der Waals surface area contributed by atoms with Gasteiger partial charge in [0.05, 0.1) is 6.10 Å². The van der Waals surface area contributed by atoms with Crippen LogP contribution in [0.2, 0.25) is 0 Å². The van der Waals surface area contributed by atoms with Gasteiger partial charge in [0.1, 0.15) is 5.82 Å². The largest absolute Gasteiger partial charge is 0.391 e. The molecule has 24 heavy (non-hydrogen) atoms. The van der Waals surface area contributed by atoms with E-state index in [2.05, 4.69) is 25.3 Å². The third-order valence-corrected chi connectivity index (χ3v) is 4.21. The van der Waals surface area contributed by atoms with Crippen LogP contribution in [0.15, 0.2) is 36.5 Å². The molecule has 2 N–H and O–H groups in total. The molecule has 0 aromatic carbocycles. The highest BCUT2D eigenvalue weighted by Crippen LogP contribution is 2.22. The topological polar surface area (TPSA) is 78.6 Å². The Morgan fingerprint density at radius 2 is 2.21 bits per heavy atom. The zero-order valence-electron chi connectivity index (χ0n) is 13.6. The van der Waals surface area contributed by atoms with Crippen LogP contribution in [-0.2, 0) is 0 Å². The Morgan fingerprint density at radius 1 is 1.29 bits per heavy atom. The summed E-state index contributed by atoms with van der Waals surface area (Å²) in [5.41, 5.74) is 2.63. The zero-order chi connectivity index (χ0) is 16.5. The molecule has 0 radical (unpaired) electrons. The number of rotatable bonds is 3. The summed E-state index contributed by atoms with van der Waals surface area (Å²) in [7, 11) is 0. The number of aryl methyl sites for hydroxylation is 1. The minimum Gasteiger partial charge on any atom is -0.391 e. The van der Waals surface area contributed by atoms with Crippen molar-refractivity contribution in [3.8, 4) is 0 Å². The fraction of sp³-hybridized carbons (Fsp3) is 0.353. The van der Waals surface area contributed by atoms with Crippen LogP contribution in [0.25, 0.3) is 5.65 Å². The fourth-order valence-corrected chi connectivity index (χ4v) is 3.10. The lowest BCUT2D eigenvalue weighted by atomic mass is 10.1. The van der Waals surface area contributed by atoms with E-state index in [0.29, 0.717) is 12.5 Å². The van der Waals surface area contributed by atoms with Gasteiger partial charge in [0, 0.05) is 30.7 Å². The van der Waals surface area contributed by atoms with Crippen LogP contribution in [0.5, 0.6) is 0 Å². The molecule has 1 atom stereocenters. The van der Waals surface area contributed by atoms with Crippen molar-refractivity contribution >= 4 is 23.1 Å². The van der Waals surface area contributed by atoms with Gasteiger partial charge < -0.3 is 15.3 Å². The van der Waals surface area contributed by atoms with Gasteiger partial charge in [-0.25, -0.2) is 0 Å². The maximum absolute atomic E-state index is 9.93. The summed E-state index contributed by atoms with van der Waals surface area (Å²) in [6.07, 6.45) is 3.31. The predicted octanol–water partition coefficient (Wildman–Crippen LogP) is 2.14. The van der Waals surface area contributed by atoms with Crippen molar-refractivity contribution in [1.29, 1.82) is 0 Å². The summed E-state index contributed by atoms with van der Waals surface area (Å²) in [5.74, 6) is 1.50. The van der Waals surface area contributed by atoms with Gasteiger partial charge in [-0.1, -0.05) is 6.07 Å². The van der Waals surface area contributed by atoms with Gasteiger partial charge in [-0.15, -0.1) is 5.10 Å². The molecule has 0 aliphatic carbocycles. The Hall–Kier alpha value is -2.67. The monoisotopic (exact) mass is 324 g/mol. The van der Waals surface area contributed by atoms with E-state index in [1.54, 1.807) is 6.20 Å². The van der Waals surface area contributed by atoms with Gasteiger partial charge in [-0.3, -0.25) is 4.98 Å². The van der Waals surface area contributed by atoms with E-state index >= 15 is 0 Å². The average molecular weight is 324 g/mol. The van der Waals surface area contributed by atoms with Gasteiger partial charge in [0.2, 0.25) is 5.95 Å². The summed E-state index contributed by atoms with van der Waals surface area (Å²) in [6.45, 7) is 3.50. The average Bonchev–Trinajstić information content (AvgIpc) is 2.97. The molecule has 0 amide bonds. The van der Waals surface area contributed by atoms with Crippen molar-refractivity contribution in [3.05, 3.63) is 42.2 Å². The summed E-state index contributed by atoms with van der Waals surface area (Å²) < 4.78 is 1.83. The Bertz CT molecular complexity index is 861. The lowest BCUT2D eigenvalue weighted by Crippen LogP contribution is -2.39. The number of fused-ring (bicyclic) bond motifs is 1. The van der Waals surface area contributed by atoms with Crippen LogP contribution in [0.3, 0.4) is 0 Å². The molecule has 1 unspecified atom stereocenters. The Balaban J connectivity index is 1.66.